The maximum atomic E-state index is 14.6. The summed E-state index contributed by atoms with van der Waals surface area (Å²) < 4.78 is 22.6. The number of methoxy groups -OCH3 is 3. The zero-order valence-electron chi connectivity index (χ0n) is 54.5. The molecule has 0 spiro atoms. The summed E-state index contributed by atoms with van der Waals surface area (Å²) in [5.74, 6) is -4.23. The van der Waals surface area contributed by atoms with Gasteiger partial charge in [-0.05, 0) is 107 Å². The second kappa shape index (κ2) is 37.1. The molecule has 2 aromatic carbocycles. The number of anilines is 1. The van der Waals surface area contributed by atoms with E-state index in [9.17, 15) is 43.2 Å². The Balaban J connectivity index is 1.72. The lowest BCUT2D eigenvalue weighted by Crippen LogP contribution is -2.57. The van der Waals surface area contributed by atoms with Gasteiger partial charge in [-0.2, -0.15) is 0 Å². The maximum Gasteiger partial charge on any atom is 0.408 e. The minimum absolute atomic E-state index is 0.0454. The Labute approximate surface area is 516 Å². The average molecular weight is 1220 g/mol. The number of hydrogen-bond donors (Lipinski definition) is 7. The van der Waals surface area contributed by atoms with E-state index in [4.69, 9.17) is 24.7 Å². The number of ether oxygens (including phenoxy) is 4. The van der Waals surface area contributed by atoms with Crippen LogP contribution in [0.5, 0.6) is 0 Å². The third-order valence-corrected chi connectivity index (χ3v) is 16.0. The normalized spacial score (nSPS) is 16.5. The van der Waals surface area contributed by atoms with Gasteiger partial charge in [0.2, 0.25) is 35.4 Å². The molecule has 8 N–H and O–H groups in total. The zero-order chi connectivity index (χ0) is 65.1. The number of esters is 1. The molecule has 1 aliphatic heterocycles. The summed E-state index contributed by atoms with van der Waals surface area (Å²) in [6.45, 7) is 21.5. The molecule has 87 heavy (non-hydrogen) atoms. The fraction of sp³-hybridized carbons (Fsp3) is 0.672. The van der Waals surface area contributed by atoms with Crippen molar-refractivity contribution in [2.75, 3.05) is 66.4 Å². The summed E-state index contributed by atoms with van der Waals surface area (Å²) in [6.07, 6.45) is 2.42. The van der Waals surface area contributed by atoms with E-state index in [2.05, 4.69) is 31.9 Å². The van der Waals surface area contributed by atoms with Gasteiger partial charge >= 0.3 is 18.1 Å². The van der Waals surface area contributed by atoms with Crippen LogP contribution in [0.1, 0.15) is 139 Å². The van der Waals surface area contributed by atoms with Crippen LogP contribution in [0.3, 0.4) is 0 Å². The van der Waals surface area contributed by atoms with Gasteiger partial charge < -0.3 is 66.4 Å². The van der Waals surface area contributed by atoms with E-state index in [1.54, 1.807) is 70.6 Å². The zero-order valence-corrected chi connectivity index (χ0v) is 54.5. The first-order valence-corrected chi connectivity index (χ1v) is 30.9. The van der Waals surface area contributed by atoms with Gasteiger partial charge in [0, 0.05) is 52.5 Å². The van der Waals surface area contributed by atoms with Crippen LogP contribution in [-0.2, 0) is 65.4 Å². The number of rotatable bonds is 36. The number of nitrogens with zero attached hydrogens (tertiary/aromatic N) is 3. The Hall–Kier alpha value is -6.85. The maximum absolute atomic E-state index is 14.6. The van der Waals surface area contributed by atoms with E-state index in [-0.39, 0.29) is 67.8 Å². The van der Waals surface area contributed by atoms with Crippen molar-refractivity contribution in [2.45, 2.75) is 194 Å². The number of hydrogen-bond acceptors (Lipinski definition) is 14. The minimum Gasteiger partial charge on any atom is -0.467 e. The third kappa shape index (κ3) is 24.3. The smallest absolute Gasteiger partial charge is 0.408 e. The third-order valence-electron chi connectivity index (χ3n) is 16.0. The Morgan fingerprint density at radius 2 is 1.40 bits per heavy atom. The van der Waals surface area contributed by atoms with Crippen LogP contribution in [0.15, 0.2) is 54.6 Å². The van der Waals surface area contributed by atoms with Gasteiger partial charge in [-0.15, -0.1) is 0 Å². The molecule has 23 heteroatoms. The first-order valence-electron chi connectivity index (χ1n) is 30.9. The van der Waals surface area contributed by atoms with Crippen LogP contribution in [0.2, 0.25) is 0 Å². The fourth-order valence-corrected chi connectivity index (χ4v) is 11.1. The number of unbranched alkanes of at least 4 members (excludes halogenated alkanes) is 1. The number of nitrogens with two attached hydrogens (primary N) is 1. The second-order valence-electron chi connectivity index (χ2n) is 24.5. The summed E-state index contributed by atoms with van der Waals surface area (Å²) in [4.78, 5) is 127. The van der Waals surface area contributed by atoms with Crippen LogP contribution < -0.4 is 37.6 Å². The highest BCUT2D eigenvalue weighted by Crippen LogP contribution is 2.30. The molecule has 488 valence electrons. The van der Waals surface area contributed by atoms with Crippen LogP contribution >= 0.6 is 0 Å². The summed E-state index contributed by atoms with van der Waals surface area (Å²) in [7, 11) is 6.19. The van der Waals surface area contributed by atoms with Crippen molar-refractivity contribution in [3.05, 3.63) is 65.7 Å². The van der Waals surface area contributed by atoms with Crippen molar-refractivity contribution in [1.82, 2.24) is 41.3 Å². The fourth-order valence-electron chi connectivity index (χ4n) is 11.1. The molecule has 23 nitrogen and oxygen atoms in total. The molecule has 2 aromatic rings. The Morgan fingerprint density at radius 1 is 0.747 bits per heavy atom. The predicted octanol–water partition coefficient (Wildman–Crippen LogP) is 5.71. The lowest BCUT2D eigenvalue weighted by atomic mass is 9.89. The number of amides is 9. The van der Waals surface area contributed by atoms with Gasteiger partial charge in [0.25, 0.3) is 0 Å². The van der Waals surface area contributed by atoms with Crippen molar-refractivity contribution < 1.29 is 62.1 Å². The molecule has 0 bridgehead atoms. The lowest BCUT2D eigenvalue weighted by molar-refractivity contribution is -0.148. The molecule has 10 atom stereocenters. The van der Waals surface area contributed by atoms with Gasteiger partial charge in [-0.25, -0.2) is 14.4 Å². The summed E-state index contributed by atoms with van der Waals surface area (Å²) in [5, 5.41) is 16.6. The number of urea groups is 1. The first kappa shape index (κ1) is 74.4. The monoisotopic (exact) mass is 1220 g/mol. The van der Waals surface area contributed by atoms with Crippen molar-refractivity contribution in [3.8, 4) is 0 Å². The minimum atomic E-state index is -1.04. The van der Waals surface area contributed by atoms with E-state index in [1.165, 1.54) is 14.2 Å². The molecule has 1 fully saturated rings. The number of alkyl carbamates (subject to hydrolysis) is 1. The number of nitrogens with one attached hydrogen (secondary N) is 6. The Bertz CT molecular complexity index is 2510. The van der Waals surface area contributed by atoms with E-state index in [0.29, 0.717) is 63.8 Å². The van der Waals surface area contributed by atoms with Gasteiger partial charge in [-0.1, -0.05) is 111 Å². The van der Waals surface area contributed by atoms with E-state index in [0.717, 1.165) is 17.5 Å². The number of benzene rings is 2. The molecule has 1 heterocycles. The number of carbonyl (C=O) groups is 9. The molecular formula is C64H104N10O13. The number of likely N-dealkylation sites (N-methyl/N-ethyl adjacent to an activating group) is 1. The topological polar surface area (TPSA) is 298 Å². The molecule has 0 unspecified atom stereocenters. The highest BCUT2D eigenvalue weighted by molar-refractivity contribution is 5.98. The van der Waals surface area contributed by atoms with Crippen molar-refractivity contribution in [1.29, 1.82) is 0 Å². The van der Waals surface area contributed by atoms with Gasteiger partial charge in [0.15, 0.2) is 0 Å². The predicted molar refractivity (Wildman–Crippen MR) is 334 cm³/mol. The molecule has 0 saturated carbocycles. The lowest BCUT2D eigenvalue weighted by Gasteiger charge is -2.41. The summed E-state index contributed by atoms with van der Waals surface area (Å²) in [5.41, 5.74) is 6.67. The Morgan fingerprint density at radius 3 is 1.97 bits per heavy atom. The Kier molecular flexibility index (Phi) is 31.7. The molecule has 0 aliphatic carbocycles. The van der Waals surface area contributed by atoms with E-state index < -0.39 is 95.8 Å². The molecule has 0 radical (unpaired) electrons. The highest BCUT2D eigenvalue weighted by atomic mass is 16.6. The standard InChI is InChI=1S/C64H104N10O13/c1-16-18-34-74(55(42(7)17-2)50(84-13)38-51(75)73-35-23-27-49(73)56(85-14)43(8)57(77)70-48(61(81)86-15)37-45-24-20-19-21-25-45)52(76)39-67-60(80)54(41(5)6)72(12)36-32-44-28-30-46(31-29-44)68-58(78)47(26-22-33-66-62(65)82)69-59(79)53(40(3)4)71-63(83)87-64(9,10)11/h19-21,24-25,28-31,40-43,47-50,53-56H,16-18,22-23,26-27,32-39H2,1-15H3,(H,67,80)(H,68,78)(H,69,79)(H,70,77)(H,71,83)(H3,65,66,82)/t42-,43+,47-,48-,49-,50+,53-,54-,55-,56+/m0/s1. The van der Waals surface area contributed by atoms with Gasteiger partial charge in [-0.3, -0.25) is 33.7 Å². The summed E-state index contributed by atoms with van der Waals surface area (Å²) >= 11 is 0. The molecule has 0 aromatic heterocycles. The first-order chi connectivity index (χ1) is 41.1. The number of carbonyl (C=O) groups excluding carboxylic acids is 9. The summed E-state index contributed by atoms with van der Waals surface area (Å²) in [6, 6.07) is 11.2. The van der Waals surface area contributed by atoms with Gasteiger partial charge in [0.1, 0.15) is 23.7 Å². The molecule has 3 rings (SSSR count). The number of primary amides is 1. The molecule has 1 saturated heterocycles. The van der Waals surface area contributed by atoms with Crippen LogP contribution in [0, 0.1) is 23.7 Å². The van der Waals surface area contributed by atoms with Crippen molar-refractivity contribution in [2.24, 2.45) is 29.4 Å². The van der Waals surface area contributed by atoms with Crippen LogP contribution in [-0.4, -0.2) is 183 Å². The number of likely N-dealkylation sites (tertiary alicyclic amines) is 1. The highest BCUT2D eigenvalue weighted by Gasteiger charge is 2.43. The van der Waals surface area contributed by atoms with Crippen LogP contribution in [0.25, 0.3) is 0 Å². The SMILES string of the molecule is CCCCN(C(=O)CNC(=O)[C@H](C(C)C)N(C)CCc1ccc(NC(=O)[C@H](CCCNC(N)=O)NC(=O)[C@@H](NC(=O)OC(C)(C)C)C(C)C)cc1)[C@@H]([C@@H](C)CC)[C@@H](CC(=O)N1CCC[C@H]1[C@H](OC)[C@@H](C)C(=O)N[C@@H](Cc1ccccc1)C(=O)OC)OC. The molecule has 1 aliphatic rings. The van der Waals surface area contributed by atoms with E-state index >= 15 is 0 Å². The van der Waals surface area contributed by atoms with Gasteiger partial charge in [0.05, 0.1) is 56.3 Å². The van der Waals surface area contributed by atoms with Crippen LogP contribution in [0.4, 0.5) is 15.3 Å². The van der Waals surface area contributed by atoms with Crippen molar-refractivity contribution in [3.63, 3.8) is 0 Å². The largest absolute Gasteiger partial charge is 0.467 e. The quantitative estimate of drug-likeness (QED) is 0.0318. The second-order valence-corrected chi connectivity index (χ2v) is 24.5. The molecule has 9 amide bonds. The van der Waals surface area contributed by atoms with Crippen molar-refractivity contribution >= 4 is 59.2 Å². The molecular weight excluding hydrogens is 1120 g/mol. The average Bonchev–Trinajstić information content (AvgIpc) is 2.53. The van der Waals surface area contributed by atoms with E-state index in [1.807, 2.05) is 89.0 Å².